The molecule has 11 heavy (non-hydrogen) atoms. The number of rotatable bonds is 2. The smallest absolute Gasteiger partial charge is 0.0941 e. The van der Waals surface area contributed by atoms with Gasteiger partial charge in [0.05, 0.1) is 11.6 Å². The van der Waals surface area contributed by atoms with Crippen LogP contribution in [0.25, 0.3) is 0 Å². The van der Waals surface area contributed by atoms with Crippen LogP contribution in [-0.4, -0.2) is 0 Å². The molecule has 2 nitrogen and oxygen atoms in total. The van der Waals surface area contributed by atoms with Crippen LogP contribution in [0.4, 0.5) is 0 Å². The summed E-state index contributed by atoms with van der Waals surface area (Å²) in [6, 6.07) is 5.54. The molecule has 0 bridgehead atoms. The zero-order valence-corrected chi connectivity index (χ0v) is 8.02. The van der Waals surface area contributed by atoms with Crippen molar-refractivity contribution in [2.75, 3.05) is 0 Å². The van der Waals surface area contributed by atoms with Crippen molar-refractivity contribution in [2.24, 2.45) is 5.90 Å². The van der Waals surface area contributed by atoms with Gasteiger partial charge < -0.3 is 0 Å². The second-order valence-corrected chi connectivity index (χ2v) is 3.22. The molecule has 1 aromatic carbocycles. The molecular formula is C7H7BrClNO. The predicted molar refractivity (Wildman–Crippen MR) is 48.1 cm³/mol. The molecule has 0 saturated heterocycles. The van der Waals surface area contributed by atoms with Gasteiger partial charge in [0, 0.05) is 4.47 Å². The molecule has 0 aliphatic rings. The first-order chi connectivity index (χ1) is 5.25. The van der Waals surface area contributed by atoms with E-state index in [0.717, 1.165) is 10.0 Å². The number of benzene rings is 1. The topological polar surface area (TPSA) is 35.2 Å². The molecule has 0 heterocycles. The van der Waals surface area contributed by atoms with Crippen LogP contribution in [-0.2, 0) is 11.4 Å². The van der Waals surface area contributed by atoms with Crippen LogP contribution in [0.15, 0.2) is 22.7 Å². The van der Waals surface area contributed by atoms with E-state index in [1.807, 2.05) is 12.1 Å². The van der Waals surface area contributed by atoms with E-state index in [1.54, 1.807) is 6.07 Å². The maximum absolute atomic E-state index is 5.81. The monoisotopic (exact) mass is 235 g/mol. The number of nitrogens with two attached hydrogens (primary N) is 1. The van der Waals surface area contributed by atoms with Gasteiger partial charge in [-0.25, -0.2) is 5.90 Å². The molecule has 0 saturated carbocycles. The van der Waals surface area contributed by atoms with E-state index in [4.69, 9.17) is 17.5 Å². The molecule has 0 atom stereocenters. The summed E-state index contributed by atoms with van der Waals surface area (Å²) in [4.78, 5) is 4.48. The molecule has 60 valence electrons. The number of halogens is 2. The Morgan fingerprint density at radius 3 is 2.91 bits per heavy atom. The average Bonchev–Trinajstić information content (AvgIpc) is 1.99. The molecule has 0 unspecified atom stereocenters. The molecule has 0 radical (unpaired) electrons. The van der Waals surface area contributed by atoms with Gasteiger partial charge in [0.1, 0.15) is 0 Å². The third-order valence-corrected chi connectivity index (χ3v) is 2.75. The molecule has 0 amide bonds. The van der Waals surface area contributed by atoms with Gasteiger partial charge in [-0.2, -0.15) is 0 Å². The van der Waals surface area contributed by atoms with Crippen LogP contribution in [0, 0.1) is 0 Å². The van der Waals surface area contributed by atoms with Crippen molar-refractivity contribution in [2.45, 2.75) is 6.61 Å². The lowest BCUT2D eigenvalue weighted by Crippen LogP contribution is -1.99. The molecule has 2 N–H and O–H groups in total. The van der Waals surface area contributed by atoms with E-state index in [0.29, 0.717) is 11.6 Å². The Kier molecular flexibility index (Phi) is 3.33. The highest BCUT2D eigenvalue weighted by molar-refractivity contribution is 9.10. The van der Waals surface area contributed by atoms with Crippen molar-refractivity contribution < 1.29 is 4.84 Å². The second-order valence-electron chi connectivity index (χ2n) is 2.02. The van der Waals surface area contributed by atoms with E-state index in [-0.39, 0.29) is 0 Å². The molecule has 1 rings (SSSR count). The molecule has 4 heteroatoms. The van der Waals surface area contributed by atoms with Gasteiger partial charge in [-0.15, -0.1) is 0 Å². The standard InChI is InChI=1S/C7H7BrClNO/c8-7-5(4-11-10)2-1-3-6(7)9/h1-3H,4,10H2. The first-order valence-corrected chi connectivity index (χ1v) is 4.17. The van der Waals surface area contributed by atoms with Gasteiger partial charge in [-0.3, -0.25) is 4.84 Å². The Balaban J connectivity index is 2.96. The normalized spacial score (nSPS) is 10.1. The maximum atomic E-state index is 5.81. The molecular weight excluding hydrogens is 229 g/mol. The van der Waals surface area contributed by atoms with Gasteiger partial charge in [0.25, 0.3) is 0 Å². The fourth-order valence-corrected chi connectivity index (χ4v) is 1.32. The SMILES string of the molecule is NOCc1cccc(Cl)c1Br. The Morgan fingerprint density at radius 1 is 1.55 bits per heavy atom. The maximum Gasteiger partial charge on any atom is 0.0941 e. The van der Waals surface area contributed by atoms with Crippen molar-refractivity contribution in [1.82, 2.24) is 0 Å². The predicted octanol–water partition coefficient (Wildman–Crippen LogP) is 2.49. The van der Waals surface area contributed by atoms with Crippen LogP contribution in [0.5, 0.6) is 0 Å². The third-order valence-electron chi connectivity index (χ3n) is 1.27. The van der Waals surface area contributed by atoms with E-state index in [1.165, 1.54) is 0 Å². The quantitative estimate of drug-likeness (QED) is 0.801. The summed E-state index contributed by atoms with van der Waals surface area (Å²) in [7, 11) is 0. The van der Waals surface area contributed by atoms with E-state index < -0.39 is 0 Å². The van der Waals surface area contributed by atoms with E-state index >= 15 is 0 Å². The van der Waals surface area contributed by atoms with Gasteiger partial charge in [-0.1, -0.05) is 23.7 Å². The number of hydrogen-bond donors (Lipinski definition) is 1. The lowest BCUT2D eigenvalue weighted by molar-refractivity contribution is 0.123. The first kappa shape index (κ1) is 9.00. The summed E-state index contributed by atoms with van der Waals surface area (Å²) in [5, 5.41) is 0.666. The highest BCUT2D eigenvalue weighted by Gasteiger charge is 2.01. The summed E-state index contributed by atoms with van der Waals surface area (Å²) in [5.74, 6) is 4.92. The van der Waals surface area contributed by atoms with Crippen LogP contribution in [0.2, 0.25) is 5.02 Å². The highest BCUT2D eigenvalue weighted by Crippen LogP contribution is 2.26. The summed E-state index contributed by atoms with van der Waals surface area (Å²) in [6.07, 6.45) is 0. The van der Waals surface area contributed by atoms with Crippen LogP contribution >= 0.6 is 27.5 Å². The fourth-order valence-electron chi connectivity index (χ4n) is 0.750. The van der Waals surface area contributed by atoms with Gasteiger partial charge in [-0.05, 0) is 27.6 Å². The first-order valence-electron chi connectivity index (χ1n) is 3.00. The van der Waals surface area contributed by atoms with E-state index in [9.17, 15) is 0 Å². The molecule has 0 aliphatic heterocycles. The van der Waals surface area contributed by atoms with Crippen LogP contribution < -0.4 is 5.90 Å². The Hall–Kier alpha value is -0.0900. The second kappa shape index (κ2) is 4.07. The molecule has 0 aromatic heterocycles. The summed E-state index contributed by atoms with van der Waals surface area (Å²) < 4.78 is 0.840. The van der Waals surface area contributed by atoms with Gasteiger partial charge in [0.2, 0.25) is 0 Å². The molecule has 1 aromatic rings. The Morgan fingerprint density at radius 2 is 2.27 bits per heavy atom. The third kappa shape index (κ3) is 2.17. The van der Waals surface area contributed by atoms with Gasteiger partial charge >= 0.3 is 0 Å². The average molecular weight is 236 g/mol. The lowest BCUT2D eigenvalue weighted by atomic mass is 10.2. The summed E-state index contributed by atoms with van der Waals surface area (Å²) >= 11 is 9.12. The lowest BCUT2D eigenvalue weighted by Gasteiger charge is -2.02. The van der Waals surface area contributed by atoms with Crippen molar-refractivity contribution >= 4 is 27.5 Å². The fraction of sp³-hybridized carbons (Fsp3) is 0.143. The Bertz CT molecular complexity index is 254. The Labute approximate surface area is 78.4 Å². The zero-order chi connectivity index (χ0) is 8.27. The minimum absolute atomic E-state index is 0.362. The molecule has 0 fully saturated rings. The summed E-state index contributed by atoms with van der Waals surface area (Å²) in [6.45, 7) is 0.362. The largest absolute Gasteiger partial charge is 0.300 e. The molecule has 0 aliphatic carbocycles. The minimum Gasteiger partial charge on any atom is -0.300 e. The van der Waals surface area contributed by atoms with Crippen molar-refractivity contribution in [1.29, 1.82) is 0 Å². The van der Waals surface area contributed by atoms with Crippen molar-refractivity contribution in [3.63, 3.8) is 0 Å². The number of hydrogen-bond acceptors (Lipinski definition) is 2. The van der Waals surface area contributed by atoms with Crippen molar-refractivity contribution in [3.05, 3.63) is 33.3 Å². The van der Waals surface area contributed by atoms with Gasteiger partial charge in [0.15, 0.2) is 0 Å². The van der Waals surface area contributed by atoms with Crippen molar-refractivity contribution in [3.8, 4) is 0 Å². The zero-order valence-electron chi connectivity index (χ0n) is 5.68. The summed E-state index contributed by atoms with van der Waals surface area (Å²) in [5.41, 5.74) is 0.944. The van der Waals surface area contributed by atoms with Crippen LogP contribution in [0.1, 0.15) is 5.56 Å². The minimum atomic E-state index is 0.362. The highest BCUT2D eigenvalue weighted by atomic mass is 79.9. The van der Waals surface area contributed by atoms with E-state index in [2.05, 4.69) is 20.8 Å². The molecule has 0 spiro atoms. The van der Waals surface area contributed by atoms with Crippen LogP contribution in [0.3, 0.4) is 0 Å².